The Morgan fingerprint density at radius 3 is 1.63 bits per heavy atom. The van der Waals surface area contributed by atoms with Crippen LogP contribution < -0.4 is 11.1 Å². The second-order valence-corrected chi connectivity index (χ2v) is 10.1. The maximum atomic E-state index is 12.2. The predicted molar refractivity (Wildman–Crippen MR) is 170 cm³/mol. The van der Waals surface area contributed by atoms with Crippen molar-refractivity contribution in [1.82, 2.24) is 15.3 Å². The van der Waals surface area contributed by atoms with Gasteiger partial charge in [-0.05, 0) is 49.7 Å². The fraction of sp³-hybridized carbons (Fsp3) is 0.333. The molecule has 10 nitrogen and oxygen atoms in total. The van der Waals surface area contributed by atoms with Crippen molar-refractivity contribution in [3.8, 4) is 0 Å². The lowest BCUT2D eigenvalue weighted by Crippen LogP contribution is -2.34. The molecule has 0 fully saturated rings. The van der Waals surface area contributed by atoms with Crippen molar-refractivity contribution in [1.29, 1.82) is 0 Å². The number of amides is 1. The van der Waals surface area contributed by atoms with Gasteiger partial charge in [-0.1, -0.05) is 46.5 Å². The highest BCUT2D eigenvalue weighted by atomic mass is 35.5. The molecule has 4 rings (SSSR count). The number of halogens is 3. The molecular weight excluding hydrogens is 619 g/mol. The fourth-order valence-corrected chi connectivity index (χ4v) is 4.43. The normalized spacial score (nSPS) is 10.8. The second-order valence-electron chi connectivity index (χ2n) is 9.03. The van der Waals surface area contributed by atoms with Crippen LogP contribution in [0.2, 0.25) is 10.0 Å². The van der Waals surface area contributed by atoms with Crippen LogP contribution in [0, 0.1) is 13.8 Å². The van der Waals surface area contributed by atoms with E-state index in [1.807, 2.05) is 50.2 Å². The van der Waals surface area contributed by atoms with Crippen molar-refractivity contribution in [3.05, 3.63) is 81.1 Å². The molecule has 2 heterocycles. The number of nitrogens with one attached hydrogen (secondary N) is 1. The van der Waals surface area contributed by atoms with Crippen LogP contribution in [0.3, 0.4) is 0 Å². The maximum Gasteiger partial charge on any atom is 0.255 e. The zero-order valence-corrected chi connectivity index (χ0v) is 27.0. The molecule has 3 N–H and O–H groups in total. The topological polar surface area (TPSA) is 135 Å². The molecule has 0 unspecified atom stereocenters. The van der Waals surface area contributed by atoms with Crippen molar-refractivity contribution >= 4 is 67.8 Å². The van der Waals surface area contributed by atoms with Crippen LogP contribution in [0.25, 0.3) is 21.8 Å². The molecule has 43 heavy (non-hydrogen) atoms. The van der Waals surface area contributed by atoms with Crippen molar-refractivity contribution < 1.29 is 28.5 Å². The average molecular weight is 654 g/mol. The van der Waals surface area contributed by atoms with Gasteiger partial charge in [0, 0.05) is 58.2 Å². The fourth-order valence-electron chi connectivity index (χ4n) is 3.67. The quantitative estimate of drug-likeness (QED) is 0.173. The van der Waals surface area contributed by atoms with E-state index in [4.69, 9.17) is 59.5 Å². The monoisotopic (exact) mass is 652 g/mol. The number of hydrogen-bond acceptors (Lipinski definition) is 9. The summed E-state index contributed by atoms with van der Waals surface area (Å²) in [5.74, 6) is -0.310. The van der Waals surface area contributed by atoms with E-state index in [1.165, 1.54) is 26.6 Å². The summed E-state index contributed by atoms with van der Waals surface area (Å²) in [6.07, 6.45) is 2.14. The Morgan fingerprint density at radius 1 is 0.791 bits per heavy atom. The number of aryl methyl sites for hydroxylation is 2. The molecule has 0 saturated heterocycles. The zero-order valence-electron chi connectivity index (χ0n) is 24.7. The molecule has 232 valence electrons. The Hall–Kier alpha value is -2.93. The van der Waals surface area contributed by atoms with Crippen LogP contribution in [-0.2, 0) is 18.9 Å². The largest absolute Gasteiger partial charge is 0.355 e. The average Bonchev–Trinajstić information content (AvgIpc) is 3.00. The molecule has 0 spiro atoms. The van der Waals surface area contributed by atoms with Gasteiger partial charge in [0.25, 0.3) is 11.1 Å². The Kier molecular flexibility index (Phi) is 15.2. The number of nitrogens with zero attached hydrogens (tertiary/aromatic N) is 2. The highest BCUT2D eigenvalue weighted by Crippen LogP contribution is 2.28. The number of pyridine rings is 2. The Morgan fingerprint density at radius 2 is 1.23 bits per heavy atom. The Balaban J connectivity index is 0.000000255. The molecule has 0 atom stereocenters. The molecule has 13 heteroatoms. The number of nitrogens with two attached hydrogens (primary N) is 1. The maximum absolute atomic E-state index is 12.2. The predicted octanol–water partition coefficient (Wildman–Crippen LogP) is 5.68. The van der Waals surface area contributed by atoms with E-state index in [2.05, 4.69) is 15.3 Å². The number of aromatic nitrogens is 2. The van der Waals surface area contributed by atoms with Crippen molar-refractivity contribution in [3.63, 3.8) is 0 Å². The first-order chi connectivity index (χ1) is 20.5. The summed E-state index contributed by atoms with van der Waals surface area (Å²) in [5.41, 5.74) is 9.36. The van der Waals surface area contributed by atoms with E-state index < -0.39 is 11.5 Å². The van der Waals surface area contributed by atoms with E-state index in [1.54, 1.807) is 14.2 Å². The third-order valence-electron chi connectivity index (χ3n) is 6.05. The van der Waals surface area contributed by atoms with E-state index in [9.17, 15) is 9.59 Å². The van der Waals surface area contributed by atoms with E-state index in [0.29, 0.717) is 22.2 Å². The van der Waals surface area contributed by atoms with Gasteiger partial charge in [-0.15, -0.1) is 0 Å². The highest BCUT2D eigenvalue weighted by molar-refractivity contribution is 6.69. The van der Waals surface area contributed by atoms with Gasteiger partial charge in [-0.2, -0.15) is 0 Å². The summed E-state index contributed by atoms with van der Waals surface area (Å²) < 4.78 is 19.4. The van der Waals surface area contributed by atoms with Gasteiger partial charge in [0.15, 0.2) is 12.6 Å². The van der Waals surface area contributed by atoms with Crippen LogP contribution in [0.5, 0.6) is 0 Å². The minimum absolute atomic E-state index is 0.230. The van der Waals surface area contributed by atoms with Crippen LogP contribution in [0.1, 0.15) is 31.8 Å². The van der Waals surface area contributed by atoms with Crippen LogP contribution in [-0.4, -0.2) is 75.2 Å². The number of rotatable bonds is 9. The third kappa shape index (κ3) is 10.3. The molecular formula is C30H35Cl3N4O6. The van der Waals surface area contributed by atoms with Crippen LogP contribution >= 0.6 is 34.8 Å². The summed E-state index contributed by atoms with van der Waals surface area (Å²) in [4.78, 5) is 31.6. The summed E-state index contributed by atoms with van der Waals surface area (Å²) in [6, 6.07) is 11.4. The molecule has 1 amide bonds. The number of methoxy groups -OCH3 is 4. The molecule has 0 radical (unpaired) electrons. The lowest BCUT2D eigenvalue weighted by atomic mass is 10.1. The van der Waals surface area contributed by atoms with Crippen molar-refractivity contribution in [2.75, 3.05) is 41.5 Å². The standard InChI is InChI=1S/C15H17ClN2O3.C11H7Cl2NO.C4H11NO2/c1-9-4-5-12-10(6-9)14(16)11(7-17-12)15(19)18-8-13(20-2)21-3;1-6-2-3-9-7(4-6)10(12)8(5-14-9)11(13)15;1-6-4(3-5)7-2/h4-7,13H,8H2,1-3H3,(H,18,19);2-5H,1H3;4H,3,5H2,1-2H3. The number of ether oxygens (including phenoxy) is 4. The molecule has 0 aliphatic carbocycles. The highest BCUT2D eigenvalue weighted by Gasteiger charge is 2.16. The first kappa shape index (κ1) is 36.3. The summed E-state index contributed by atoms with van der Waals surface area (Å²) in [7, 11) is 6.13. The number of fused-ring (bicyclic) bond motifs is 2. The minimum Gasteiger partial charge on any atom is -0.355 e. The van der Waals surface area contributed by atoms with Gasteiger partial charge in [-0.3, -0.25) is 19.6 Å². The number of carbonyl (C=O) groups excluding carboxylic acids is 2. The van der Waals surface area contributed by atoms with E-state index in [0.717, 1.165) is 32.9 Å². The van der Waals surface area contributed by atoms with Crippen LogP contribution in [0.15, 0.2) is 48.8 Å². The van der Waals surface area contributed by atoms with Gasteiger partial charge in [0.2, 0.25) is 0 Å². The molecule has 4 aromatic rings. The van der Waals surface area contributed by atoms with Gasteiger partial charge in [0.1, 0.15) is 0 Å². The van der Waals surface area contributed by atoms with Crippen molar-refractivity contribution in [2.24, 2.45) is 5.73 Å². The SMILES string of the molecule is COC(CN)OC.COC(CNC(=O)c1cnc2ccc(C)cc2c1Cl)OC.Cc1ccc2ncc(C(=O)Cl)c(Cl)c2c1. The zero-order chi connectivity index (χ0) is 32.1. The lowest BCUT2D eigenvalue weighted by molar-refractivity contribution is -0.0974. The molecule has 0 aliphatic heterocycles. The van der Waals surface area contributed by atoms with Gasteiger partial charge in [-0.25, -0.2) is 0 Å². The van der Waals surface area contributed by atoms with Crippen molar-refractivity contribution in [2.45, 2.75) is 26.4 Å². The number of hydrogen-bond donors (Lipinski definition) is 2. The second kappa shape index (κ2) is 18.0. The molecule has 2 aromatic carbocycles. The molecule has 0 saturated carbocycles. The molecule has 2 aromatic heterocycles. The summed E-state index contributed by atoms with van der Waals surface area (Å²) >= 11 is 17.8. The van der Waals surface area contributed by atoms with E-state index in [-0.39, 0.29) is 24.3 Å². The molecule has 0 aliphatic rings. The van der Waals surface area contributed by atoms with Crippen LogP contribution in [0.4, 0.5) is 0 Å². The Bertz CT molecular complexity index is 1530. The Labute approximate surface area is 265 Å². The first-order valence-corrected chi connectivity index (χ1v) is 14.0. The minimum atomic E-state index is -0.587. The lowest BCUT2D eigenvalue weighted by Gasteiger charge is -2.14. The summed E-state index contributed by atoms with van der Waals surface area (Å²) in [5, 5.41) is 4.40. The third-order valence-corrected chi connectivity index (χ3v) is 7.06. The first-order valence-electron chi connectivity index (χ1n) is 12.9. The number of benzene rings is 2. The van der Waals surface area contributed by atoms with Gasteiger partial charge in [0.05, 0.1) is 38.8 Å². The summed E-state index contributed by atoms with van der Waals surface area (Å²) in [6.45, 7) is 4.55. The van der Waals surface area contributed by atoms with Gasteiger partial charge >= 0.3 is 0 Å². The van der Waals surface area contributed by atoms with Gasteiger partial charge < -0.3 is 30.0 Å². The van der Waals surface area contributed by atoms with E-state index >= 15 is 0 Å². The molecule has 0 bridgehead atoms. The number of carbonyl (C=O) groups is 2. The smallest absolute Gasteiger partial charge is 0.255 e.